The maximum Gasteiger partial charge on any atom is 0.323 e. The summed E-state index contributed by atoms with van der Waals surface area (Å²) < 4.78 is 17.6. The van der Waals surface area contributed by atoms with Crippen molar-refractivity contribution in [2.45, 2.75) is 38.0 Å². The van der Waals surface area contributed by atoms with E-state index in [-0.39, 0.29) is 5.88 Å². The van der Waals surface area contributed by atoms with Crippen LogP contribution in [-0.4, -0.2) is 12.6 Å². The first-order valence-electron chi connectivity index (χ1n) is 13.8. The van der Waals surface area contributed by atoms with Gasteiger partial charge in [0.25, 0.3) is 0 Å². The first-order valence-corrected chi connectivity index (χ1v) is 13.8. The third-order valence-electron chi connectivity index (χ3n) is 7.14. The Hall–Kier alpha value is -5.02. The Morgan fingerprint density at radius 2 is 1.54 bits per heavy atom. The standard InChI is InChI=1S/C35H32N2O4/c1-2-3-10-21-39-27-17-15-26(16-18-27)33-29-20-19-28(22-31(29)41-34(37)30(33)23-36)40-35(38)32(24-11-6-4-7-12-24)25-13-8-5-9-14-25/h4-9,11-20,22,32-33H,2-3,10,21,37H2,1H3. The molecule has 5 rings (SSSR count). The average molecular weight is 545 g/mol. The van der Waals surface area contributed by atoms with E-state index in [1.165, 1.54) is 0 Å². The van der Waals surface area contributed by atoms with E-state index in [1.807, 2.05) is 91.0 Å². The van der Waals surface area contributed by atoms with Gasteiger partial charge in [0, 0.05) is 11.6 Å². The summed E-state index contributed by atoms with van der Waals surface area (Å²) >= 11 is 0. The number of rotatable bonds is 10. The van der Waals surface area contributed by atoms with E-state index >= 15 is 0 Å². The molecule has 1 unspecified atom stereocenters. The number of esters is 1. The maximum atomic E-state index is 13.5. The molecule has 2 N–H and O–H groups in total. The van der Waals surface area contributed by atoms with E-state index in [4.69, 9.17) is 19.9 Å². The van der Waals surface area contributed by atoms with Gasteiger partial charge in [-0.05, 0) is 41.3 Å². The lowest BCUT2D eigenvalue weighted by atomic mass is 9.83. The van der Waals surface area contributed by atoms with Crippen LogP contribution in [0.25, 0.3) is 0 Å². The topological polar surface area (TPSA) is 94.6 Å². The molecule has 0 fully saturated rings. The van der Waals surface area contributed by atoms with Crippen LogP contribution >= 0.6 is 0 Å². The summed E-state index contributed by atoms with van der Waals surface area (Å²) in [7, 11) is 0. The van der Waals surface area contributed by atoms with Crippen LogP contribution in [0.1, 0.15) is 60.3 Å². The minimum Gasteiger partial charge on any atom is -0.494 e. The molecule has 0 aliphatic carbocycles. The normalized spacial score (nSPS) is 14.1. The predicted molar refractivity (Wildman–Crippen MR) is 158 cm³/mol. The van der Waals surface area contributed by atoms with Gasteiger partial charge in [-0.25, -0.2) is 0 Å². The SMILES string of the molecule is CCCCCOc1ccc(C2C(C#N)=C(N)Oc3cc(OC(=O)C(c4ccccc4)c4ccccc4)ccc32)cc1. The van der Waals surface area contributed by atoms with Gasteiger partial charge in [0.05, 0.1) is 12.5 Å². The third-order valence-corrected chi connectivity index (χ3v) is 7.14. The van der Waals surface area contributed by atoms with Crippen molar-refractivity contribution in [1.82, 2.24) is 0 Å². The number of ether oxygens (including phenoxy) is 3. The highest BCUT2D eigenvalue weighted by atomic mass is 16.5. The van der Waals surface area contributed by atoms with Crippen LogP contribution in [0.2, 0.25) is 0 Å². The van der Waals surface area contributed by atoms with Crippen molar-refractivity contribution in [3.8, 4) is 23.3 Å². The molecule has 0 saturated heterocycles. The highest BCUT2D eigenvalue weighted by Crippen LogP contribution is 2.44. The van der Waals surface area contributed by atoms with E-state index in [2.05, 4.69) is 13.0 Å². The molecule has 0 spiro atoms. The summed E-state index contributed by atoms with van der Waals surface area (Å²) in [5.41, 5.74) is 9.85. The molecule has 4 aromatic carbocycles. The summed E-state index contributed by atoms with van der Waals surface area (Å²) in [4.78, 5) is 13.5. The van der Waals surface area contributed by atoms with Gasteiger partial charge in [-0.2, -0.15) is 5.26 Å². The summed E-state index contributed by atoms with van der Waals surface area (Å²) in [5, 5.41) is 9.93. The van der Waals surface area contributed by atoms with Gasteiger partial charge in [-0.1, -0.05) is 98.6 Å². The molecule has 0 amide bonds. The number of benzene rings is 4. The molecule has 1 aliphatic heterocycles. The van der Waals surface area contributed by atoms with Crippen LogP contribution in [0.15, 0.2) is 115 Å². The number of unbranched alkanes of at least 4 members (excludes halogenated alkanes) is 2. The van der Waals surface area contributed by atoms with E-state index in [1.54, 1.807) is 12.1 Å². The molecule has 6 nitrogen and oxygen atoms in total. The zero-order valence-corrected chi connectivity index (χ0v) is 23.0. The number of hydrogen-bond acceptors (Lipinski definition) is 6. The summed E-state index contributed by atoms with van der Waals surface area (Å²) in [6, 6.07) is 34.2. The van der Waals surface area contributed by atoms with Crippen LogP contribution in [0.5, 0.6) is 17.2 Å². The number of carbonyl (C=O) groups excluding carboxylic acids is 1. The molecule has 206 valence electrons. The van der Waals surface area contributed by atoms with E-state index < -0.39 is 17.8 Å². The lowest BCUT2D eigenvalue weighted by molar-refractivity contribution is -0.135. The Labute approximate surface area is 240 Å². The fraction of sp³-hybridized carbons (Fsp3) is 0.200. The minimum atomic E-state index is -0.597. The molecular weight excluding hydrogens is 512 g/mol. The van der Waals surface area contributed by atoms with Crippen molar-refractivity contribution < 1.29 is 19.0 Å². The smallest absolute Gasteiger partial charge is 0.323 e. The number of hydrogen-bond donors (Lipinski definition) is 1. The van der Waals surface area contributed by atoms with E-state index in [0.717, 1.165) is 47.3 Å². The first-order chi connectivity index (χ1) is 20.1. The Balaban J connectivity index is 1.41. The zero-order chi connectivity index (χ0) is 28.6. The van der Waals surface area contributed by atoms with Crippen LogP contribution in [0.3, 0.4) is 0 Å². The lowest BCUT2D eigenvalue weighted by Gasteiger charge is -2.27. The Bertz CT molecular complexity index is 1520. The second kappa shape index (κ2) is 12.9. The van der Waals surface area contributed by atoms with Gasteiger partial charge in [-0.15, -0.1) is 0 Å². The number of carbonyl (C=O) groups is 1. The quantitative estimate of drug-likeness (QED) is 0.129. The maximum absolute atomic E-state index is 13.5. The highest BCUT2D eigenvalue weighted by molar-refractivity contribution is 5.84. The van der Waals surface area contributed by atoms with Crippen molar-refractivity contribution >= 4 is 5.97 Å². The largest absolute Gasteiger partial charge is 0.494 e. The van der Waals surface area contributed by atoms with Crippen LogP contribution in [-0.2, 0) is 4.79 Å². The molecule has 4 aromatic rings. The van der Waals surface area contributed by atoms with E-state index in [0.29, 0.717) is 23.7 Å². The molecular formula is C35H32N2O4. The molecule has 1 atom stereocenters. The molecule has 0 saturated carbocycles. The molecule has 1 heterocycles. The van der Waals surface area contributed by atoms with Crippen molar-refractivity contribution in [1.29, 1.82) is 5.26 Å². The number of nitriles is 1. The number of nitrogens with zero attached hydrogens (tertiary/aromatic N) is 1. The van der Waals surface area contributed by atoms with Gasteiger partial charge in [-0.3, -0.25) is 4.79 Å². The van der Waals surface area contributed by atoms with Gasteiger partial charge >= 0.3 is 5.97 Å². The Morgan fingerprint density at radius 3 is 2.15 bits per heavy atom. The first kappa shape index (κ1) is 27.5. The molecule has 6 heteroatoms. The summed E-state index contributed by atoms with van der Waals surface area (Å²) in [5.74, 6) is 0.136. The highest BCUT2D eigenvalue weighted by Gasteiger charge is 2.32. The van der Waals surface area contributed by atoms with Gasteiger partial charge in [0.1, 0.15) is 34.8 Å². The van der Waals surface area contributed by atoms with Crippen LogP contribution in [0, 0.1) is 11.3 Å². The molecule has 0 aromatic heterocycles. The van der Waals surface area contributed by atoms with Crippen molar-refractivity contribution in [3.05, 3.63) is 137 Å². The Kier molecular flexibility index (Phi) is 8.66. The van der Waals surface area contributed by atoms with Crippen molar-refractivity contribution in [2.24, 2.45) is 5.73 Å². The van der Waals surface area contributed by atoms with E-state index in [9.17, 15) is 10.1 Å². The number of allylic oxidation sites excluding steroid dienone is 1. The van der Waals surface area contributed by atoms with Gasteiger partial charge < -0.3 is 19.9 Å². The zero-order valence-electron chi connectivity index (χ0n) is 23.0. The molecule has 0 radical (unpaired) electrons. The van der Waals surface area contributed by atoms with Crippen molar-refractivity contribution in [3.63, 3.8) is 0 Å². The van der Waals surface area contributed by atoms with Crippen LogP contribution < -0.4 is 19.9 Å². The van der Waals surface area contributed by atoms with Crippen molar-refractivity contribution in [2.75, 3.05) is 6.61 Å². The lowest BCUT2D eigenvalue weighted by Crippen LogP contribution is -2.22. The molecule has 0 bridgehead atoms. The van der Waals surface area contributed by atoms with Crippen LogP contribution in [0.4, 0.5) is 0 Å². The predicted octanol–water partition coefficient (Wildman–Crippen LogP) is 7.21. The number of nitrogens with two attached hydrogens (primary N) is 1. The second-order valence-electron chi connectivity index (χ2n) is 9.92. The van der Waals surface area contributed by atoms with Gasteiger partial charge in [0.2, 0.25) is 5.88 Å². The average Bonchev–Trinajstić information content (AvgIpc) is 3.00. The second-order valence-corrected chi connectivity index (χ2v) is 9.92. The minimum absolute atomic E-state index is 0.0276. The third kappa shape index (κ3) is 6.26. The Morgan fingerprint density at radius 1 is 0.902 bits per heavy atom. The summed E-state index contributed by atoms with van der Waals surface area (Å²) in [6.07, 6.45) is 3.27. The fourth-order valence-corrected chi connectivity index (χ4v) is 5.07. The fourth-order valence-electron chi connectivity index (χ4n) is 5.07. The molecule has 41 heavy (non-hydrogen) atoms. The number of fused-ring (bicyclic) bond motifs is 1. The molecule has 1 aliphatic rings. The summed E-state index contributed by atoms with van der Waals surface area (Å²) in [6.45, 7) is 2.83. The monoisotopic (exact) mass is 544 g/mol. The van der Waals surface area contributed by atoms with Gasteiger partial charge in [0.15, 0.2) is 0 Å².